The smallest absolute Gasteiger partial charge is 0.227 e. The van der Waals surface area contributed by atoms with Crippen molar-refractivity contribution in [2.75, 3.05) is 26.2 Å². The van der Waals surface area contributed by atoms with Crippen LogP contribution in [0.2, 0.25) is 0 Å². The van der Waals surface area contributed by atoms with Gasteiger partial charge in [-0.3, -0.25) is 9.59 Å². The Morgan fingerprint density at radius 2 is 1.58 bits per heavy atom. The van der Waals surface area contributed by atoms with Crippen LogP contribution in [0.5, 0.6) is 0 Å². The normalized spacial score (nSPS) is 17.4. The van der Waals surface area contributed by atoms with Crippen molar-refractivity contribution in [3.05, 3.63) is 0 Å². The quantitative estimate of drug-likeness (QED) is 0.787. The molecule has 1 saturated heterocycles. The van der Waals surface area contributed by atoms with Crippen LogP contribution in [-0.2, 0) is 9.59 Å². The van der Waals surface area contributed by atoms with Crippen molar-refractivity contribution in [2.24, 2.45) is 11.3 Å². The van der Waals surface area contributed by atoms with E-state index < -0.39 is 0 Å². The Kier molecular flexibility index (Phi) is 5.39. The van der Waals surface area contributed by atoms with Gasteiger partial charge in [0.25, 0.3) is 0 Å². The lowest BCUT2D eigenvalue weighted by Gasteiger charge is -2.36. The first-order chi connectivity index (χ1) is 8.81. The fraction of sp³-hybridized carbons (Fsp3) is 0.867. The molecule has 1 rings (SSSR count). The van der Waals surface area contributed by atoms with Gasteiger partial charge in [-0.2, -0.15) is 0 Å². The molecule has 0 saturated carbocycles. The fourth-order valence-corrected chi connectivity index (χ4v) is 2.60. The summed E-state index contributed by atoms with van der Waals surface area (Å²) >= 11 is 0. The van der Waals surface area contributed by atoms with E-state index in [4.69, 9.17) is 0 Å². The summed E-state index contributed by atoms with van der Waals surface area (Å²) in [5.41, 5.74) is -0.324. The number of piperidine rings is 1. The standard InChI is InChI=1S/C15H28N2O2/c1-6-16(7-2)13(18)12-8-10-17(11-9-12)14(19)15(3,4)5/h12H,6-11H2,1-5H3. The van der Waals surface area contributed by atoms with E-state index in [-0.39, 0.29) is 23.1 Å². The minimum Gasteiger partial charge on any atom is -0.343 e. The Labute approximate surface area is 117 Å². The third-order valence-electron chi connectivity index (χ3n) is 3.85. The molecule has 0 aromatic carbocycles. The second-order valence-corrected chi connectivity index (χ2v) is 6.33. The van der Waals surface area contributed by atoms with E-state index in [1.54, 1.807) is 0 Å². The molecule has 19 heavy (non-hydrogen) atoms. The molecule has 1 aliphatic heterocycles. The molecule has 0 radical (unpaired) electrons. The summed E-state index contributed by atoms with van der Waals surface area (Å²) in [6, 6.07) is 0. The lowest BCUT2D eigenvalue weighted by molar-refractivity contribution is -0.144. The Morgan fingerprint density at radius 1 is 1.11 bits per heavy atom. The molecule has 4 nitrogen and oxygen atoms in total. The minimum atomic E-state index is -0.324. The molecule has 0 aromatic rings. The number of carbonyl (C=O) groups excluding carboxylic acids is 2. The predicted molar refractivity (Wildman–Crippen MR) is 76.7 cm³/mol. The highest BCUT2D eigenvalue weighted by Gasteiger charge is 2.33. The maximum absolute atomic E-state index is 12.3. The second kappa shape index (κ2) is 6.40. The van der Waals surface area contributed by atoms with Crippen LogP contribution in [0.15, 0.2) is 0 Å². The number of amides is 2. The molecule has 0 spiro atoms. The Morgan fingerprint density at radius 3 is 1.95 bits per heavy atom. The summed E-state index contributed by atoms with van der Waals surface area (Å²) < 4.78 is 0. The highest BCUT2D eigenvalue weighted by molar-refractivity contribution is 5.82. The van der Waals surface area contributed by atoms with E-state index in [0.29, 0.717) is 13.1 Å². The molecule has 2 amide bonds. The SMILES string of the molecule is CCN(CC)C(=O)C1CCN(C(=O)C(C)(C)C)CC1. The van der Waals surface area contributed by atoms with Crippen LogP contribution in [0.3, 0.4) is 0 Å². The number of likely N-dealkylation sites (tertiary alicyclic amines) is 1. The van der Waals surface area contributed by atoms with E-state index in [0.717, 1.165) is 25.9 Å². The van der Waals surface area contributed by atoms with Crippen molar-refractivity contribution in [3.63, 3.8) is 0 Å². The van der Waals surface area contributed by atoms with Crippen LogP contribution in [-0.4, -0.2) is 47.8 Å². The van der Waals surface area contributed by atoms with Crippen molar-refractivity contribution >= 4 is 11.8 Å². The first-order valence-electron chi connectivity index (χ1n) is 7.39. The van der Waals surface area contributed by atoms with Crippen LogP contribution in [0, 0.1) is 11.3 Å². The van der Waals surface area contributed by atoms with Crippen molar-refractivity contribution in [3.8, 4) is 0 Å². The van der Waals surface area contributed by atoms with E-state index in [1.807, 2.05) is 44.4 Å². The van der Waals surface area contributed by atoms with Crippen molar-refractivity contribution < 1.29 is 9.59 Å². The number of nitrogens with zero attached hydrogens (tertiary/aromatic N) is 2. The zero-order valence-electron chi connectivity index (χ0n) is 13.0. The molecule has 1 heterocycles. The topological polar surface area (TPSA) is 40.6 Å². The summed E-state index contributed by atoms with van der Waals surface area (Å²) in [4.78, 5) is 28.2. The van der Waals surface area contributed by atoms with Gasteiger partial charge in [0.15, 0.2) is 0 Å². The fourth-order valence-electron chi connectivity index (χ4n) is 2.60. The lowest BCUT2D eigenvalue weighted by atomic mass is 9.90. The Bertz CT molecular complexity index is 322. The van der Waals surface area contributed by atoms with Crippen LogP contribution < -0.4 is 0 Å². The van der Waals surface area contributed by atoms with Crippen molar-refractivity contribution in [1.82, 2.24) is 9.80 Å². The molecule has 0 atom stereocenters. The van der Waals surface area contributed by atoms with Crippen LogP contribution in [0.1, 0.15) is 47.5 Å². The van der Waals surface area contributed by atoms with E-state index >= 15 is 0 Å². The predicted octanol–water partition coefficient (Wildman–Crippen LogP) is 2.14. The van der Waals surface area contributed by atoms with Gasteiger partial charge in [0.05, 0.1) is 0 Å². The van der Waals surface area contributed by atoms with E-state index in [1.165, 1.54) is 0 Å². The zero-order chi connectivity index (χ0) is 14.6. The Balaban J connectivity index is 2.54. The van der Waals surface area contributed by atoms with Gasteiger partial charge in [-0.05, 0) is 26.7 Å². The first-order valence-corrected chi connectivity index (χ1v) is 7.39. The number of rotatable bonds is 3. The molecule has 4 heteroatoms. The molecule has 0 unspecified atom stereocenters. The molecule has 0 N–H and O–H groups in total. The minimum absolute atomic E-state index is 0.101. The maximum atomic E-state index is 12.3. The van der Waals surface area contributed by atoms with Crippen molar-refractivity contribution in [2.45, 2.75) is 47.5 Å². The zero-order valence-corrected chi connectivity index (χ0v) is 13.0. The number of hydrogen-bond donors (Lipinski definition) is 0. The van der Waals surface area contributed by atoms with E-state index in [9.17, 15) is 9.59 Å². The lowest BCUT2D eigenvalue weighted by Crippen LogP contribution is -2.47. The molecular formula is C15H28N2O2. The highest BCUT2D eigenvalue weighted by atomic mass is 16.2. The van der Waals surface area contributed by atoms with Gasteiger partial charge in [-0.1, -0.05) is 20.8 Å². The Hall–Kier alpha value is -1.06. The average molecular weight is 268 g/mol. The largest absolute Gasteiger partial charge is 0.343 e. The van der Waals surface area contributed by atoms with Crippen LogP contribution >= 0.6 is 0 Å². The third kappa shape index (κ3) is 3.95. The molecule has 110 valence electrons. The third-order valence-corrected chi connectivity index (χ3v) is 3.85. The summed E-state index contributed by atoms with van der Waals surface area (Å²) in [6.07, 6.45) is 1.61. The molecule has 1 fully saturated rings. The van der Waals surface area contributed by atoms with Crippen molar-refractivity contribution in [1.29, 1.82) is 0 Å². The molecule has 0 aromatic heterocycles. The first kappa shape index (κ1) is 16.0. The van der Waals surface area contributed by atoms with Gasteiger partial charge in [0.1, 0.15) is 0 Å². The van der Waals surface area contributed by atoms with Gasteiger partial charge < -0.3 is 9.80 Å². The summed E-state index contributed by atoms with van der Waals surface area (Å²) in [7, 11) is 0. The molecule has 0 bridgehead atoms. The van der Waals surface area contributed by atoms with Crippen LogP contribution in [0.25, 0.3) is 0 Å². The number of hydrogen-bond acceptors (Lipinski definition) is 2. The average Bonchev–Trinajstić information content (AvgIpc) is 2.38. The molecular weight excluding hydrogens is 240 g/mol. The monoisotopic (exact) mass is 268 g/mol. The number of carbonyl (C=O) groups is 2. The van der Waals surface area contributed by atoms with Gasteiger partial charge in [-0.15, -0.1) is 0 Å². The molecule has 0 aliphatic carbocycles. The van der Waals surface area contributed by atoms with Gasteiger partial charge in [0.2, 0.25) is 11.8 Å². The molecule has 1 aliphatic rings. The van der Waals surface area contributed by atoms with Crippen LogP contribution in [0.4, 0.5) is 0 Å². The summed E-state index contributed by atoms with van der Waals surface area (Å²) in [5.74, 6) is 0.554. The van der Waals surface area contributed by atoms with E-state index in [2.05, 4.69) is 0 Å². The maximum Gasteiger partial charge on any atom is 0.227 e. The van der Waals surface area contributed by atoms with Gasteiger partial charge in [0, 0.05) is 37.5 Å². The summed E-state index contributed by atoms with van der Waals surface area (Å²) in [5, 5.41) is 0. The van der Waals surface area contributed by atoms with Gasteiger partial charge >= 0.3 is 0 Å². The highest BCUT2D eigenvalue weighted by Crippen LogP contribution is 2.24. The second-order valence-electron chi connectivity index (χ2n) is 6.33. The summed E-state index contributed by atoms with van der Waals surface area (Å²) in [6.45, 7) is 12.8. The van der Waals surface area contributed by atoms with Gasteiger partial charge in [-0.25, -0.2) is 0 Å².